The summed E-state index contributed by atoms with van der Waals surface area (Å²) >= 11 is 11.6. The molecule has 0 aliphatic carbocycles. The highest BCUT2D eigenvalue weighted by Gasteiger charge is 2.20. The minimum absolute atomic E-state index is 0.0152. The molecular formula is C13H9Cl2NO5S. The summed E-state index contributed by atoms with van der Waals surface area (Å²) in [6.45, 7) is 0. The van der Waals surface area contributed by atoms with Crippen LogP contribution in [0.25, 0.3) is 0 Å². The molecule has 0 saturated carbocycles. The summed E-state index contributed by atoms with van der Waals surface area (Å²) in [4.78, 5) is 10.6. The van der Waals surface area contributed by atoms with Crippen LogP contribution in [0.4, 0.5) is 5.69 Å². The van der Waals surface area contributed by atoms with E-state index in [0.717, 1.165) is 12.1 Å². The molecule has 22 heavy (non-hydrogen) atoms. The summed E-state index contributed by atoms with van der Waals surface area (Å²) in [5.74, 6) is -1.89. The van der Waals surface area contributed by atoms with Gasteiger partial charge >= 0.3 is 5.97 Å². The molecule has 0 aliphatic rings. The van der Waals surface area contributed by atoms with Gasteiger partial charge in [-0.2, -0.15) is 0 Å². The third kappa shape index (κ3) is 3.27. The van der Waals surface area contributed by atoms with Gasteiger partial charge in [0.15, 0.2) is 0 Å². The average Bonchev–Trinajstić information content (AvgIpc) is 2.40. The molecule has 0 radical (unpaired) electrons. The number of nitrogens with one attached hydrogen (secondary N) is 1. The zero-order valence-corrected chi connectivity index (χ0v) is 13.1. The standard InChI is InChI=1S/C13H9Cl2NO5S/c14-9-2-1-3-11(12(9)15)22(20,21)16-7-4-5-8(13(18)19)10(17)6-7/h1-6,16-17H,(H,18,19). The number of rotatable bonds is 4. The number of aromatic carboxylic acids is 1. The van der Waals surface area contributed by atoms with E-state index in [1.54, 1.807) is 0 Å². The van der Waals surface area contributed by atoms with Gasteiger partial charge < -0.3 is 10.2 Å². The van der Waals surface area contributed by atoms with E-state index in [4.69, 9.17) is 28.3 Å². The number of aromatic hydroxyl groups is 1. The van der Waals surface area contributed by atoms with Gasteiger partial charge in [-0.3, -0.25) is 4.72 Å². The normalized spacial score (nSPS) is 11.2. The minimum Gasteiger partial charge on any atom is -0.507 e. The van der Waals surface area contributed by atoms with Gasteiger partial charge in [-0.15, -0.1) is 0 Å². The van der Waals surface area contributed by atoms with Gasteiger partial charge in [0.05, 0.1) is 15.7 Å². The zero-order valence-electron chi connectivity index (χ0n) is 10.7. The van der Waals surface area contributed by atoms with Crippen molar-refractivity contribution in [2.75, 3.05) is 4.72 Å². The first-order chi connectivity index (χ1) is 10.2. The maximum atomic E-state index is 12.3. The predicted octanol–water partition coefficient (Wildman–Crippen LogP) is 3.20. The molecule has 0 saturated heterocycles. The summed E-state index contributed by atoms with van der Waals surface area (Å²) in [6, 6.07) is 7.40. The number of halogens is 2. The first kappa shape index (κ1) is 16.4. The molecule has 3 N–H and O–H groups in total. The van der Waals surface area contributed by atoms with E-state index in [1.165, 1.54) is 24.3 Å². The monoisotopic (exact) mass is 361 g/mol. The van der Waals surface area contributed by atoms with Crippen molar-refractivity contribution in [1.82, 2.24) is 0 Å². The van der Waals surface area contributed by atoms with Gasteiger partial charge in [0.2, 0.25) is 0 Å². The van der Waals surface area contributed by atoms with Gasteiger partial charge in [0.1, 0.15) is 16.2 Å². The minimum atomic E-state index is -4.04. The topological polar surface area (TPSA) is 104 Å². The van der Waals surface area contributed by atoms with Gasteiger partial charge in [0, 0.05) is 6.07 Å². The summed E-state index contributed by atoms with van der Waals surface area (Å²) in [5, 5.41) is 18.3. The number of anilines is 1. The van der Waals surface area contributed by atoms with E-state index >= 15 is 0 Å². The Kier molecular flexibility index (Phi) is 4.50. The first-order valence-electron chi connectivity index (χ1n) is 5.75. The number of carbonyl (C=O) groups is 1. The fraction of sp³-hybridized carbons (Fsp3) is 0. The second-order valence-corrected chi connectivity index (χ2v) is 6.63. The Bertz CT molecular complexity index is 852. The summed E-state index contributed by atoms with van der Waals surface area (Å²) in [7, 11) is -4.04. The Hall–Kier alpha value is -1.96. The van der Waals surface area contributed by atoms with Crippen molar-refractivity contribution >= 4 is 44.9 Å². The fourth-order valence-electron chi connectivity index (χ4n) is 1.68. The third-order valence-corrected chi connectivity index (χ3v) is 5.04. The molecule has 0 heterocycles. The Balaban J connectivity index is 2.39. The second-order valence-electron chi connectivity index (χ2n) is 4.19. The van der Waals surface area contributed by atoms with Crippen LogP contribution in [0.3, 0.4) is 0 Å². The smallest absolute Gasteiger partial charge is 0.339 e. The Morgan fingerprint density at radius 2 is 1.82 bits per heavy atom. The number of carboxylic acids is 1. The molecule has 2 aromatic rings. The maximum absolute atomic E-state index is 12.3. The number of sulfonamides is 1. The number of benzene rings is 2. The van der Waals surface area contributed by atoms with E-state index in [-0.39, 0.29) is 26.2 Å². The maximum Gasteiger partial charge on any atom is 0.339 e. The molecule has 0 spiro atoms. The number of hydrogen-bond donors (Lipinski definition) is 3. The van der Waals surface area contributed by atoms with Crippen molar-refractivity contribution in [3.8, 4) is 5.75 Å². The van der Waals surface area contributed by atoms with Crippen LogP contribution in [0.2, 0.25) is 10.0 Å². The lowest BCUT2D eigenvalue weighted by atomic mass is 10.2. The van der Waals surface area contributed by atoms with Gasteiger partial charge in [-0.1, -0.05) is 29.3 Å². The van der Waals surface area contributed by atoms with Gasteiger partial charge in [-0.25, -0.2) is 13.2 Å². The van der Waals surface area contributed by atoms with Crippen LogP contribution < -0.4 is 4.72 Å². The molecule has 6 nitrogen and oxygen atoms in total. The fourth-order valence-corrected chi connectivity index (χ4v) is 3.49. The predicted molar refractivity (Wildman–Crippen MR) is 82.3 cm³/mol. The number of hydrogen-bond acceptors (Lipinski definition) is 4. The van der Waals surface area contributed by atoms with Crippen LogP contribution >= 0.6 is 23.2 Å². The molecule has 2 rings (SSSR count). The van der Waals surface area contributed by atoms with Crippen molar-refractivity contribution in [1.29, 1.82) is 0 Å². The largest absolute Gasteiger partial charge is 0.507 e. The average molecular weight is 362 g/mol. The lowest BCUT2D eigenvalue weighted by Crippen LogP contribution is -2.13. The van der Waals surface area contributed by atoms with Crippen LogP contribution in [0.5, 0.6) is 5.75 Å². The van der Waals surface area contributed by atoms with E-state index in [1.807, 2.05) is 0 Å². The lowest BCUT2D eigenvalue weighted by molar-refractivity contribution is 0.0694. The second kappa shape index (κ2) is 6.04. The van der Waals surface area contributed by atoms with Crippen molar-refractivity contribution in [3.05, 3.63) is 52.0 Å². The Labute approximate surface area is 136 Å². The molecule has 2 aromatic carbocycles. The quantitative estimate of drug-likeness (QED) is 0.775. The highest BCUT2D eigenvalue weighted by molar-refractivity contribution is 7.92. The molecule has 0 atom stereocenters. The zero-order chi connectivity index (χ0) is 16.5. The molecule has 0 fully saturated rings. The van der Waals surface area contributed by atoms with Crippen LogP contribution in [-0.4, -0.2) is 24.6 Å². The summed E-state index contributed by atoms with van der Waals surface area (Å²) < 4.78 is 26.7. The van der Waals surface area contributed by atoms with Gasteiger partial charge in [0.25, 0.3) is 10.0 Å². The SMILES string of the molecule is O=C(O)c1ccc(NS(=O)(=O)c2cccc(Cl)c2Cl)cc1O. The molecular weight excluding hydrogens is 353 g/mol. The molecule has 0 amide bonds. The van der Waals surface area contributed by atoms with Crippen molar-refractivity contribution in [2.24, 2.45) is 0 Å². The van der Waals surface area contributed by atoms with Crippen LogP contribution in [-0.2, 0) is 10.0 Å². The van der Waals surface area contributed by atoms with E-state index in [9.17, 15) is 18.3 Å². The van der Waals surface area contributed by atoms with Crippen LogP contribution in [0.15, 0.2) is 41.3 Å². The first-order valence-corrected chi connectivity index (χ1v) is 7.99. The molecule has 0 unspecified atom stereocenters. The van der Waals surface area contributed by atoms with E-state index in [2.05, 4.69) is 4.72 Å². The van der Waals surface area contributed by atoms with E-state index in [0.29, 0.717) is 0 Å². The molecule has 9 heteroatoms. The van der Waals surface area contributed by atoms with Crippen molar-refractivity contribution in [3.63, 3.8) is 0 Å². The third-order valence-electron chi connectivity index (χ3n) is 2.69. The molecule has 0 bridgehead atoms. The summed E-state index contributed by atoms with van der Waals surface area (Å²) in [6.07, 6.45) is 0. The molecule has 0 aliphatic heterocycles. The lowest BCUT2D eigenvalue weighted by Gasteiger charge is -2.11. The van der Waals surface area contributed by atoms with Gasteiger partial charge in [-0.05, 0) is 24.3 Å². The molecule has 0 aromatic heterocycles. The van der Waals surface area contributed by atoms with E-state index < -0.39 is 21.7 Å². The molecule has 116 valence electrons. The highest BCUT2D eigenvalue weighted by atomic mass is 35.5. The Morgan fingerprint density at radius 3 is 2.41 bits per heavy atom. The highest BCUT2D eigenvalue weighted by Crippen LogP contribution is 2.31. The number of carboxylic acid groups (broad SMARTS) is 1. The van der Waals surface area contributed by atoms with Crippen LogP contribution in [0.1, 0.15) is 10.4 Å². The van der Waals surface area contributed by atoms with Crippen LogP contribution in [0, 0.1) is 0 Å². The number of phenols is 1. The summed E-state index contributed by atoms with van der Waals surface area (Å²) in [5.41, 5.74) is -0.359. The van der Waals surface area contributed by atoms with Crippen molar-refractivity contribution in [2.45, 2.75) is 4.90 Å². The Morgan fingerprint density at radius 1 is 1.14 bits per heavy atom. The van der Waals surface area contributed by atoms with Crippen molar-refractivity contribution < 1.29 is 23.4 Å².